The second-order valence-electron chi connectivity index (χ2n) is 6.46. The molecule has 0 amide bonds. The van der Waals surface area contributed by atoms with E-state index in [9.17, 15) is 0 Å². The minimum Gasteiger partial charge on any atom is -0.402 e. The van der Waals surface area contributed by atoms with Crippen LogP contribution in [0.5, 0.6) is 0 Å². The van der Waals surface area contributed by atoms with Gasteiger partial charge in [0.15, 0.2) is 8.07 Å². The normalized spacial score (nSPS) is 11.6. The molecule has 0 atom stereocenters. The van der Waals surface area contributed by atoms with E-state index in [4.69, 9.17) is 4.43 Å². The van der Waals surface area contributed by atoms with Crippen LogP contribution >= 0.6 is 0 Å². The number of hydrogen-bond acceptors (Lipinski definition) is 1. The highest BCUT2D eigenvalue weighted by molar-refractivity contribution is 6.96. The Morgan fingerprint density at radius 3 is 1.82 bits per heavy atom. The van der Waals surface area contributed by atoms with Gasteiger partial charge in [-0.15, -0.1) is 5.54 Å². The molecule has 3 heteroatoms. The second-order valence-corrected chi connectivity index (χ2v) is 14.4. The van der Waals surface area contributed by atoms with Gasteiger partial charge in [0, 0.05) is 0 Å². The molecule has 0 aliphatic rings. The molecule has 0 fully saturated rings. The van der Waals surface area contributed by atoms with Crippen molar-refractivity contribution in [3.63, 3.8) is 0 Å². The minimum absolute atomic E-state index is 0.525. The summed E-state index contributed by atoms with van der Waals surface area (Å²) in [6.07, 6.45) is 0. The van der Waals surface area contributed by atoms with Crippen LogP contribution in [0.1, 0.15) is 0 Å². The van der Waals surface area contributed by atoms with Crippen molar-refractivity contribution in [3.8, 4) is 11.5 Å². The lowest BCUT2D eigenvalue weighted by Gasteiger charge is -2.22. The SMILES string of the molecule is C[Si](C)(C#CCO[Si](C)(C)c1ccccc1)c1ccccc1. The Bertz CT molecular complexity index is 652. The molecular formula is C19H24OSi2. The lowest BCUT2D eigenvalue weighted by Crippen LogP contribution is -2.45. The molecule has 0 aromatic heterocycles. The van der Waals surface area contributed by atoms with E-state index in [2.05, 4.69) is 92.2 Å². The van der Waals surface area contributed by atoms with Crippen LogP contribution in [0, 0.1) is 11.5 Å². The monoisotopic (exact) mass is 324 g/mol. The molecule has 2 aromatic carbocycles. The van der Waals surface area contributed by atoms with E-state index < -0.39 is 16.4 Å². The molecule has 0 N–H and O–H groups in total. The zero-order valence-electron chi connectivity index (χ0n) is 13.9. The third kappa shape index (κ3) is 4.44. The van der Waals surface area contributed by atoms with E-state index in [-0.39, 0.29) is 0 Å². The molecule has 0 spiro atoms. The molecule has 114 valence electrons. The maximum atomic E-state index is 6.13. The summed E-state index contributed by atoms with van der Waals surface area (Å²) >= 11 is 0. The smallest absolute Gasteiger partial charge is 0.219 e. The van der Waals surface area contributed by atoms with Crippen LogP contribution in [0.2, 0.25) is 26.2 Å². The number of hydrogen-bond donors (Lipinski definition) is 0. The summed E-state index contributed by atoms with van der Waals surface area (Å²) in [5.74, 6) is 3.27. The largest absolute Gasteiger partial charge is 0.402 e. The highest BCUT2D eigenvalue weighted by Gasteiger charge is 2.24. The van der Waals surface area contributed by atoms with E-state index in [1.54, 1.807) is 0 Å². The molecule has 22 heavy (non-hydrogen) atoms. The van der Waals surface area contributed by atoms with Crippen LogP contribution in [0.15, 0.2) is 60.7 Å². The zero-order valence-corrected chi connectivity index (χ0v) is 15.9. The maximum Gasteiger partial charge on any atom is 0.219 e. The van der Waals surface area contributed by atoms with Gasteiger partial charge in [0.2, 0.25) is 8.32 Å². The Morgan fingerprint density at radius 1 is 0.773 bits per heavy atom. The molecule has 2 rings (SSSR count). The molecule has 2 aromatic rings. The van der Waals surface area contributed by atoms with Crippen molar-refractivity contribution in [3.05, 3.63) is 60.7 Å². The van der Waals surface area contributed by atoms with Gasteiger partial charge in [-0.3, -0.25) is 0 Å². The first-order valence-electron chi connectivity index (χ1n) is 7.67. The van der Waals surface area contributed by atoms with Gasteiger partial charge >= 0.3 is 0 Å². The molecule has 0 aliphatic carbocycles. The predicted molar refractivity (Wildman–Crippen MR) is 101 cm³/mol. The first kappa shape index (κ1) is 16.8. The third-order valence-corrected chi connectivity index (χ3v) is 9.04. The van der Waals surface area contributed by atoms with Gasteiger partial charge in [-0.05, 0) is 23.5 Å². The van der Waals surface area contributed by atoms with Crippen molar-refractivity contribution >= 4 is 26.8 Å². The van der Waals surface area contributed by atoms with Crippen LogP contribution in [0.4, 0.5) is 0 Å². The Morgan fingerprint density at radius 2 is 1.27 bits per heavy atom. The lowest BCUT2D eigenvalue weighted by atomic mass is 10.4. The van der Waals surface area contributed by atoms with Gasteiger partial charge in [0.05, 0.1) is 6.61 Å². The van der Waals surface area contributed by atoms with Crippen LogP contribution in [-0.4, -0.2) is 23.0 Å². The summed E-state index contributed by atoms with van der Waals surface area (Å²) in [7, 11) is -3.52. The van der Waals surface area contributed by atoms with E-state index >= 15 is 0 Å². The number of benzene rings is 2. The minimum atomic E-state index is -1.84. The predicted octanol–water partition coefficient (Wildman–Crippen LogP) is 3.27. The molecule has 0 saturated heterocycles. The van der Waals surface area contributed by atoms with Crippen LogP contribution in [0.25, 0.3) is 0 Å². The average molecular weight is 325 g/mol. The fraction of sp³-hybridized carbons (Fsp3) is 0.263. The summed E-state index contributed by atoms with van der Waals surface area (Å²) < 4.78 is 6.13. The van der Waals surface area contributed by atoms with Crippen LogP contribution < -0.4 is 10.4 Å². The lowest BCUT2D eigenvalue weighted by molar-refractivity contribution is 0.370. The van der Waals surface area contributed by atoms with Crippen molar-refractivity contribution < 1.29 is 4.43 Å². The highest BCUT2D eigenvalue weighted by atomic mass is 28.4. The molecule has 0 bridgehead atoms. The van der Waals surface area contributed by atoms with Crippen LogP contribution in [0.3, 0.4) is 0 Å². The van der Waals surface area contributed by atoms with Crippen molar-refractivity contribution in [2.45, 2.75) is 26.2 Å². The zero-order chi connectivity index (χ0) is 16.1. The number of rotatable bonds is 4. The van der Waals surface area contributed by atoms with Crippen molar-refractivity contribution in [1.29, 1.82) is 0 Å². The fourth-order valence-electron chi connectivity index (χ4n) is 2.32. The van der Waals surface area contributed by atoms with Crippen LogP contribution in [-0.2, 0) is 4.43 Å². The van der Waals surface area contributed by atoms with Gasteiger partial charge in [0.25, 0.3) is 0 Å². The summed E-state index contributed by atoms with van der Waals surface area (Å²) in [6.45, 7) is 9.55. The average Bonchev–Trinajstić information content (AvgIpc) is 2.53. The molecule has 0 heterocycles. The van der Waals surface area contributed by atoms with E-state index in [0.717, 1.165) is 0 Å². The highest BCUT2D eigenvalue weighted by Crippen LogP contribution is 2.05. The molecule has 1 nitrogen and oxygen atoms in total. The maximum absolute atomic E-state index is 6.13. The Labute approximate surface area is 136 Å². The molecule has 0 aliphatic heterocycles. The first-order chi connectivity index (χ1) is 10.4. The van der Waals surface area contributed by atoms with Gasteiger partial charge in [-0.2, -0.15) is 0 Å². The molecule has 0 radical (unpaired) electrons. The molecule has 0 unspecified atom stereocenters. The summed E-state index contributed by atoms with van der Waals surface area (Å²) in [4.78, 5) is 0. The van der Waals surface area contributed by atoms with Gasteiger partial charge in [-0.25, -0.2) is 0 Å². The van der Waals surface area contributed by atoms with Crippen molar-refractivity contribution in [2.75, 3.05) is 6.61 Å². The summed E-state index contributed by atoms with van der Waals surface area (Å²) in [5, 5.41) is 2.69. The van der Waals surface area contributed by atoms with Gasteiger partial charge < -0.3 is 4.43 Å². The molecule has 0 saturated carbocycles. The van der Waals surface area contributed by atoms with Crippen molar-refractivity contribution in [2.24, 2.45) is 0 Å². The fourth-order valence-corrected chi connectivity index (χ4v) is 5.60. The van der Waals surface area contributed by atoms with E-state index in [0.29, 0.717) is 6.61 Å². The molecular weight excluding hydrogens is 300 g/mol. The summed E-state index contributed by atoms with van der Waals surface area (Å²) in [5.41, 5.74) is 3.49. The Hall–Kier alpha value is -1.61. The van der Waals surface area contributed by atoms with Crippen molar-refractivity contribution in [1.82, 2.24) is 0 Å². The Balaban J connectivity index is 2.00. The Kier molecular flexibility index (Phi) is 5.41. The second kappa shape index (κ2) is 7.10. The standard InChI is InChI=1S/C19H24OSi2/c1-21(2,18-12-7-5-8-13-18)17-11-16-20-22(3,4)19-14-9-6-10-15-19/h5-10,12-15H,16H2,1-4H3. The first-order valence-corrected chi connectivity index (χ1v) is 13.6. The third-order valence-electron chi connectivity index (χ3n) is 3.87. The topological polar surface area (TPSA) is 9.23 Å². The van der Waals surface area contributed by atoms with E-state index in [1.165, 1.54) is 10.4 Å². The summed E-state index contributed by atoms with van der Waals surface area (Å²) in [6, 6.07) is 21.1. The van der Waals surface area contributed by atoms with Gasteiger partial charge in [-0.1, -0.05) is 79.7 Å². The quantitative estimate of drug-likeness (QED) is 0.619. The van der Waals surface area contributed by atoms with E-state index in [1.807, 2.05) is 6.07 Å². The van der Waals surface area contributed by atoms with Gasteiger partial charge in [0.1, 0.15) is 0 Å².